The van der Waals surface area contributed by atoms with Crippen molar-refractivity contribution in [3.8, 4) is 45.3 Å². The summed E-state index contributed by atoms with van der Waals surface area (Å²) in [6, 6.07) is 15.3. The number of carbonyl (C=O) groups is 1. The van der Waals surface area contributed by atoms with Gasteiger partial charge in [0.05, 0.1) is 25.1 Å². The fourth-order valence-corrected chi connectivity index (χ4v) is 8.40. The average Bonchev–Trinajstić information content (AvgIpc) is 3.84. The van der Waals surface area contributed by atoms with Crippen LogP contribution in [-0.4, -0.2) is 85.1 Å². The first kappa shape index (κ1) is 37.5. The van der Waals surface area contributed by atoms with Crippen LogP contribution in [0.1, 0.15) is 49.8 Å². The molecule has 0 N–H and O–H groups in total. The van der Waals surface area contributed by atoms with Crippen LogP contribution in [0.5, 0.6) is 11.6 Å². The number of methoxy groups -OCH3 is 2. The third-order valence-electron chi connectivity index (χ3n) is 9.95. The summed E-state index contributed by atoms with van der Waals surface area (Å²) < 4.78 is 38.7. The van der Waals surface area contributed by atoms with Crippen LogP contribution in [0, 0.1) is 5.82 Å². The quantitative estimate of drug-likeness (QED) is 0.0977. The molecule has 54 heavy (non-hydrogen) atoms. The van der Waals surface area contributed by atoms with E-state index in [2.05, 4.69) is 47.2 Å². The van der Waals surface area contributed by atoms with Crippen molar-refractivity contribution in [1.82, 2.24) is 19.8 Å². The van der Waals surface area contributed by atoms with Crippen LogP contribution in [0.2, 0.25) is 0 Å². The predicted octanol–water partition coefficient (Wildman–Crippen LogP) is 9.13. The highest BCUT2D eigenvalue weighted by Crippen LogP contribution is 2.47. The largest absolute Gasteiger partial charge is 0.490 e. The van der Waals surface area contributed by atoms with Gasteiger partial charge >= 0.3 is 6.09 Å². The van der Waals surface area contributed by atoms with Gasteiger partial charge in [-0.05, 0) is 87.0 Å². The van der Waals surface area contributed by atoms with E-state index in [1.807, 2.05) is 33.0 Å². The highest BCUT2D eigenvalue weighted by molar-refractivity contribution is 7.18. The van der Waals surface area contributed by atoms with Crippen molar-refractivity contribution >= 4 is 27.5 Å². The molecule has 1 unspecified atom stereocenters. The van der Waals surface area contributed by atoms with Crippen molar-refractivity contribution in [2.45, 2.75) is 51.7 Å². The zero-order valence-electron chi connectivity index (χ0n) is 31.6. The molecule has 9 nitrogen and oxygen atoms in total. The van der Waals surface area contributed by atoms with Crippen LogP contribution in [0.4, 0.5) is 9.18 Å². The maximum atomic E-state index is 14.8. The van der Waals surface area contributed by atoms with Gasteiger partial charge in [0.25, 0.3) is 0 Å². The zero-order chi connectivity index (χ0) is 38.0. The highest BCUT2D eigenvalue weighted by Gasteiger charge is 2.30. The molecular formula is C43H47FN4O5S. The van der Waals surface area contributed by atoms with Crippen LogP contribution in [0.3, 0.4) is 0 Å². The minimum atomic E-state index is -0.559. The van der Waals surface area contributed by atoms with Crippen LogP contribution in [-0.2, 0) is 22.4 Å². The van der Waals surface area contributed by atoms with E-state index in [9.17, 15) is 9.18 Å². The molecule has 1 amide bonds. The number of halogens is 1. The lowest BCUT2D eigenvalue weighted by Crippen LogP contribution is -2.39. The molecule has 0 aliphatic carbocycles. The average molecular weight is 751 g/mol. The van der Waals surface area contributed by atoms with Crippen LogP contribution >= 0.6 is 11.3 Å². The number of likely N-dealkylation sites (tertiary alicyclic amines) is 1. The minimum Gasteiger partial charge on any atom is -0.490 e. The summed E-state index contributed by atoms with van der Waals surface area (Å²) in [5.41, 5.74) is 7.67. The molecule has 5 heterocycles. The molecule has 2 aromatic carbocycles. The molecule has 1 saturated heterocycles. The van der Waals surface area contributed by atoms with Gasteiger partial charge in [0.2, 0.25) is 5.88 Å². The Morgan fingerprint density at radius 2 is 1.89 bits per heavy atom. The van der Waals surface area contributed by atoms with Crippen molar-refractivity contribution in [2.24, 2.45) is 0 Å². The molecule has 0 saturated carbocycles. The fraction of sp³-hybridized carbons (Fsp3) is 0.372. The minimum absolute atomic E-state index is 0.223. The number of pyridine rings is 2. The molecule has 3 aromatic heterocycles. The molecule has 7 rings (SSSR count). The monoisotopic (exact) mass is 750 g/mol. The molecule has 1 atom stereocenters. The second kappa shape index (κ2) is 15.9. The van der Waals surface area contributed by atoms with E-state index < -0.39 is 11.4 Å². The Morgan fingerprint density at radius 3 is 2.67 bits per heavy atom. The van der Waals surface area contributed by atoms with Gasteiger partial charge in [-0.3, -0.25) is 4.90 Å². The van der Waals surface area contributed by atoms with E-state index in [1.54, 1.807) is 36.5 Å². The second-order valence-corrected chi connectivity index (χ2v) is 15.7. The smallest absolute Gasteiger partial charge is 0.410 e. The number of rotatable bonds is 11. The van der Waals surface area contributed by atoms with E-state index in [4.69, 9.17) is 28.9 Å². The Morgan fingerprint density at radius 1 is 1.04 bits per heavy atom. The van der Waals surface area contributed by atoms with Gasteiger partial charge in [-0.1, -0.05) is 18.2 Å². The third-order valence-corrected chi connectivity index (χ3v) is 10.9. The van der Waals surface area contributed by atoms with Crippen LogP contribution in [0.15, 0.2) is 72.8 Å². The van der Waals surface area contributed by atoms with Gasteiger partial charge in [-0.2, -0.15) is 0 Å². The maximum absolute atomic E-state index is 14.8. The number of thiophene rings is 1. The summed E-state index contributed by atoms with van der Waals surface area (Å²) in [7, 11) is 3.27. The first-order chi connectivity index (χ1) is 26.1. The SMILES string of the molecule is C=CCN1CCC(c2cc(-c3nc(-c4ccc5c(c4)CCN(C(=O)OC(C)(C)C)C5)c4ccsc4c3-c3ccc(F)cc3OCCOC)cnc2OC)C1. The lowest BCUT2D eigenvalue weighted by molar-refractivity contribution is 0.0224. The summed E-state index contributed by atoms with van der Waals surface area (Å²) in [5.74, 6) is 0.847. The normalized spacial score (nSPS) is 16.0. The Labute approximate surface area is 320 Å². The Hall–Kier alpha value is -4.84. The maximum Gasteiger partial charge on any atom is 0.410 e. The lowest BCUT2D eigenvalue weighted by Gasteiger charge is -2.31. The molecule has 11 heteroatoms. The van der Waals surface area contributed by atoms with Gasteiger partial charge in [-0.15, -0.1) is 17.9 Å². The lowest BCUT2D eigenvalue weighted by atomic mass is 9.92. The second-order valence-electron chi connectivity index (χ2n) is 14.8. The van der Waals surface area contributed by atoms with Gasteiger partial charge < -0.3 is 23.8 Å². The predicted molar refractivity (Wildman–Crippen MR) is 212 cm³/mol. The standard InChI is InChI=1S/C43H47FN4O5S/c1-7-15-47-16-12-30(25-47)35-22-31(24-45-41(35)51-6)39-37(33-11-10-32(44)23-36(33)52-19-18-50-5)40-34(14-20-54-40)38(46-39)28-8-9-29-26-48(17-13-27(29)21-28)42(49)53-43(2,3)4/h7-11,14,20-24,30H,1,12-13,15-19,25-26H2,2-6H3. The van der Waals surface area contributed by atoms with Gasteiger partial charge in [-0.25, -0.2) is 19.2 Å². The molecule has 2 aliphatic rings. The van der Waals surface area contributed by atoms with Crippen molar-refractivity contribution < 1.29 is 28.1 Å². The first-order valence-corrected chi connectivity index (χ1v) is 19.2. The van der Waals surface area contributed by atoms with Crippen molar-refractivity contribution in [1.29, 1.82) is 0 Å². The Bertz CT molecular complexity index is 2180. The number of nitrogens with zero attached hydrogens (tertiary/aromatic N) is 4. The molecule has 5 aromatic rings. The molecule has 0 bridgehead atoms. The number of aromatic nitrogens is 2. The van der Waals surface area contributed by atoms with Crippen molar-refractivity contribution in [3.63, 3.8) is 0 Å². The van der Waals surface area contributed by atoms with Gasteiger partial charge in [0, 0.05) is 89.4 Å². The van der Waals surface area contributed by atoms with Crippen LogP contribution < -0.4 is 9.47 Å². The molecule has 1 fully saturated rings. The number of hydrogen-bond donors (Lipinski definition) is 0. The molecular weight excluding hydrogens is 704 g/mol. The number of carbonyl (C=O) groups excluding carboxylic acids is 1. The zero-order valence-corrected chi connectivity index (χ0v) is 32.4. The molecule has 282 valence electrons. The van der Waals surface area contributed by atoms with Crippen molar-refractivity contribution in [3.05, 3.63) is 95.3 Å². The Kier molecular flexibility index (Phi) is 11.0. The summed E-state index contributed by atoms with van der Waals surface area (Å²) >= 11 is 1.61. The molecule has 0 spiro atoms. The van der Waals surface area contributed by atoms with Crippen molar-refractivity contribution in [2.75, 3.05) is 53.6 Å². The summed E-state index contributed by atoms with van der Waals surface area (Å²) in [5, 5.41) is 3.05. The summed E-state index contributed by atoms with van der Waals surface area (Å²) in [4.78, 5) is 27.4. The van der Waals surface area contributed by atoms with E-state index in [-0.39, 0.29) is 18.6 Å². The first-order valence-electron chi connectivity index (χ1n) is 18.4. The van der Waals surface area contributed by atoms with E-state index in [1.165, 1.54) is 17.7 Å². The number of benzene rings is 2. The highest BCUT2D eigenvalue weighted by atomic mass is 32.1. The summed E-state index contributed by atoms with van der Waals surface area (Å²) in [6.07, 6.45) is 5.13. The Balaban J connectivity index is 1.38. The van der Waals surface area contributed by atoms with E-state index in [0.717, 1.165) is 75.2 Å². The van der Waals surface area contributed by atoms with E-state index in [0.29, 0.717) is 43.4 Å². The molecule has 0 radical (unpaired) electrons. The topological polar surface area (TPSA) is 86.3 Å². The van der Waals surface area contributed by atoms with Gasteiger partial charge in [0.1, 0.15) is 23.8 Å². The molecule has 2 aliphatic heterocycles. The number of fused-ring (bicyclic) bond motifs is 2. The number of amides is 1. The van der Waals surface area contributed by atoms with Gasteiger partial charge in [0.15, 0.2) is 0 Å². The number of ether oxygens (including phenoxy) is 4. The summed E-state index contributed by atoms with van der Waals surface area (Å²) in [6.45, 7) is 13.9. The van der Waals surface area contributed by atoms with E-state index >= 15 is 0 Å². The third kappa shape index (κ3) is 7.85. The number of hydrogen-bond acceptors (Lipinski definition) is 9. The van der Waals surface area contributed by atoms with Crippen LogP contribution in [0.25, 0.3) is 43.7 Å². The fourth-order valence-electron chi connectivity index (χ4n) is 7.44.